The van der Waals surface area contributed by atoms with E-state index in [4.69, 9.17) is 4.74 Å². The van der Waals surface area contributed by atoms with Gasteiger partial charge >= 0.3 is 5.97 Å². The largest absolute Gasteiger partial charge is 0.454 e. The average Bonchev–Trinajstić information content (AvgIpc) is 3.09. The van der Waals surface area contributed by atoms with Crippen molar-refractivity contribution < 1.29 is 27.5 Å². The van der Waals surface area contributed by atoms with Crippen LogP contribution in [-0.4, -0.2) is 58.0 Å². The van der Waals surface area contributed by atoms with Gasteiger partial charge in [0.15, 0.2) is 6.61 Å². The molecule has 0 spiro atoms. The van der Waals surface area contributed by atoms with Crippen LogP contribution in [0.1, 0.15) is 12.8 Å². The minimum atomic E-state index is -3.55. The van der Waals surface area contributed by atoms with E-state index in [-0.39, 0.29) is 11.5 Å². The minimum Gasteiger partial charge on any atom is -0.454 e. The predicted octanol–water partition coefficient (Wildman–Crippen LogP) is 0.599. The van der Waals surface area contributed by atoms with Crippen LogP contribution in [0.15, 0.2) is 29.2 Å². The maximum atomic E-state index is 12.5. The van der Waals surface area contributed by atoms with Gasteiger partial charge in [-0.05, 0) is 31.0 Å². The Morgan fingerprint density at radius 2 is 1.92 bits per heavy atom. The van der Waals surface area contributed by atoms with Gasteiger partial charge in [0.25, 0.3) is 5.91 Å². The number of ether oxygens (including phenoxy) is 2. The normalized spacial score (nSPS) is 15.2. The summed E-state index contributed by atoms with van der Waals surface area (Å²) in [5, 5.41) is 2.50. The highest BCUT2D eigenvalue weighted by atomic mass is 32.2. The predicted molar refractivity (Wildman–Crippen MR) is 85.9 cm³/mol. The van der Waals surface area contributed by atoms with Crippen molar-refractivity contribution in [3.63, 3.8) is 0 Å². The van der Waals surface area contributed by atoms with Crippen LogP contribution in [0.5, 0.6) is 0 Å². The molecule has 132 valence electrons. The highest BCUT2D eigenvalue weighted by Crippen LogP contribution is 2.23. The fourth-order valence-corrected chi connectivity index (χ4v) is 3.88. The molecular formula is C15H20N2O6S. The Kier molecular flexibility index (Phi) is 6.29. The van der Waals surface area contributed by atoms with Gasteiger partial charge in [-0.2, -0.15) is 4.31 Å². The second-order valence-electron chi connectivity index (χ2n) is 5.28. The molecule has 1 fully saturated rings. The molecule has 8 nitrogen and oxygen atoms in total. The summed E-state index contributed by atoms with van der Waals surface area (Å²) in [6.45, 7) is 0.310. The van der Waals surface area contributed by atoms with Gasteiger partial charge < -0.3 is 14.8 Å². The number of nitrogens with one attached hydrogen (secondary N) is 1. The van der Waals surface area contributed by atoms with E-state index in [2.05, 4.69) is 10.1 Å². The van der Waals surface area contributed by atoms with E-state index >= 15 is 0 Å². The molecule has 1 aromatic carbocycles. The molecule has 1 amide bonds. The smallest absolute Gasteiger partial charge is 0.332 e. The van der Waals surface area contributed by atoms with Crippen molar-refractivity contribution in [1.29, 1.82) is 0 Å². The quantitative estimate of drug-likeness (QED) is 0.718. The first-order valence-corrected chi connectivity index (χ1v) is 8.92. The summed E-state index contributed by atoms with van der Waals surface area (Å²) < 4.78 is 35.7. The molecular weight excluding hydrogens is 336 g/mol. The van der Waals surface area contributed by atoms with E-state index in [9.17, 15) is 18.0 Å². The van der Waals surface area contributed by atoms with Crippen molar-refractivity contribution in [1.82, 2.24) is 4.31 Å². The fraction of sp³-hybridized carbons (Fsp3) is 0.467. The van der Waals surface area contributed by atoms with Gasteiger partial charge in [0.2, 0.25) is 10.0 Å². The molecule has 0 atom stereocenters. The van der Waals surface area contributed by atoms with Gasteiger partial charge in [-0.3, -0.25) is 4.79 Å². The molecule has 24 heavy (non-hydrogen) atoms. The van der Waals surface area contributed by atoms with E-state index in [1.807, 2.05) is 0 Å². The molecule has 2 rings (SSSR count). The van der Waals surface area contributed by atoms with Crippen LogP contribution in [0.25, 0.3) is 0 Å². The van der Waals surface area contributed by atoms with Crippen molar-refractivity contribution in [2.24, 2.45) is 0 Å². The first-order valence-electron chi connectivity index (χ1n) is 7.48. The van der Waals surface area contributed by atoms with Crippen molar-refractivity contribution >= 4 is 27.6 Å². The summed E-state index contributed by atoms with van der Waals surface area (Å²) in [4.78, 5) is 23.0. The molecule has 0 aromatic heterocycles. The Balaban J connectivity index is 2.00. The number of benzene rings is 1. The summed E-state index contributed by atoms with van der Waals surface area (Å²) in [7, 11) is -2.21. The van der Waals surface area contributed by atoms with E-state index in [0.717, 1.165) is 12.8 Å². The SMILES string of the molecule is COCC(=O)OCC(=O)Nc1cccc(S(=O)(=O)N2CCCC2)c1. The number of esters is 1. The number of amides is 1. The molecule has 0 radical (unpaired) electrons. The number of carbonyl (C=O) groups is 2. The summed E-state index contributed by atoms with van der Waals surface area (Å²) in [5.41, 5.74) is 0.322. The zero-order valence-electron chi connectivity index (χ0n) is 13.4. The monoisotopic (exact) mass is 356 g/mol. The zero-order valence-corrected chi connectivity index (χ0v) is 14.2. The maximum Gasteiger partial charge on any atom is 0.332 e. The Hall–Kier alpha value is -1.97. The number of carbonyl (C=O) groups excluding carboxylic acids is 2. The van der Waals surface area contributed by atoms with Crippen LogP contribution < -0.4 is 5.32 Å². The van der Waals surface area contributed by atoms with Gasteiger partial charge in [-0.1, -0.05) is 6.07 Å². The lowest BCUT2D eigenvalue weighted by Gasteiger charge is -2.16. The van der Waals surface area contributed by atoms with Crippen LogP contribution in [0.3, 0.4) is 0 Å². The number of hydrogen-bond donors (Lipinski definition) is 1. The number of hydrogen-bond acceptors (Lipinski definition) is 6. The third-order valence-corrected chi connectivity index (χ3v) is 5.34. The van der Waals surface area contributed by atoms with Crippen LogP contribution in [0.4, 0.5) is 5.69 Å². The van der Waals surface area contributed by atoms with Crippen molar-refractivity contribution in [2.75, 3.05) is 38.7 Å². The van der Waals surface area contributed by atoms with Crippen LogP contribution in [0.2, 0.25) is 0 Å². The average molecular weight is 356 g/mol. The number of nitrogens with zero attached hydrogens (tertiary/aromatic N) is 1. The topological polar surface area (TPSA) is 102 Å². The van der Waals surface area contributed by atoms with Crippen LogP contribution >= 0.6 is 0 Å². The zero-order chi connectivity index (χ0) is 17.6. The first-order chi connectivity index (χ1) is 11.4. The van der Waals surface area contributed by atoms with Gasteiger partial charge in [-0.15, -0.1) is 0 Å². The number of methoxy groups -OCH3 is 1. The standard InChI is InChI=1S/C15H20N2O6S/c1-22-11-15(19)23-10-14(18)16-12-5-4-6-13(9-12)24(20,21)17-7-2-3-8-17/h4-6,9H,2-3,7-8,10-11H2,1H3,(H,16,18). The molecule has 1 heterocycles. The van der Waals surface area contributed by atoms with Gasteiger partial charge in [0.1, 0.15) is 6.61 Å². The Morgan fingerprint density at radius 3 is 2.58 bits per heavy atom. The molecule has 1 saturated heterocycles. The summed E-state index contributed by atoms with van der Waals surface area (Å²) in [5.74, 6) is -1.21. The summed E-state index contributed by atoms with van der Waals surface area (Å²) in [6, 6.07) is 6.00. The highest BCUT2D eigenvalue weighted by molar-refractivity contribution is 7.89. The molecule has 1 N–H and O–H groups in total. The second kappa shape index (κ2) is 8.22. The molecule has 1 aliphatic heterocycles. The third kappa shape index (κ3) is 4.76. The molecule has 0 bridgehead atoms. The lowest BCUT2D eigenvalue weighted by Crippen LogP contribution is -2.28. The van der Waals surface area contributed by atoms with Gasteiger partial charge in [0.05, 0.1) is 4.90 Å². The van der Waals surface area contributed by atoms with Crippen LogP contribution in [-0.2, 0) is 29.1 Å². The van der Waals surface area contributed by atoms with Crippen molar-refractivity contribution in [3.05, 3.63) is 24.3 Å². The number of anilines is 1. The summed E-state index contributed by atoms with van der Waals surface area (Å²) in [6.07, 6.45) is 1.70. The van der Waals surface area contributed by atoms with E-state index in [1.54, 1.807) is 12.1 Å². The lowest BCUT2D eigenvalue weighted by molar-refractivity contribution is -0.150. The Bertz CT molecular complexity index is 698. The lowest BCUT2D eigenvalue weighted by atomic mass is 10.3. The molecule has 1 aromatic rings. The summed E-state index contributed by atoms with van der Waals surface area (Å²) >= 11 is 0. The molecule has 0 unspecified atom stereocenters. The maximum absolute atomic E-state index is 12.5. The molecule has 0 saturated carbocycles. The highest BCUT2D eigenvalue weighted by Gasteiger charge is 2.27. The van der Waals surface area contributed by atoms with Crippen molar-refractivity contribution in [3.8, 4) is 0 Å². The number of rotatable bonds is 7. The Labute approximate surface area is 140 Å². The third-order valence-electron chi connectivity index (χ3n) is 3.45. The number of sulfonamides is 1. The van der Waals surface area contributed by atoms with Crippen LogP contribution in [0, 0.1) is 0 Å². The molecule has 1 aliphatic rings. The second-order valence-corrected chi connectivity index (χ2v) is 7.22. The molecule has 9 heteroatoms. The van der Waals surface area contributed by atoms with Gasteiger partial charge in [0, 0.05) is 25.9 Å². The fourth-order valence-electron chi connectivity index (χ4n) is 2.31. The van der Waals surface area contributed by atoms with E-state index in [1.165, 1.54) is 23.5 Å². The van der Waals surface area contributed by atoms with Gasteiger partial charge in [-0.25, -0.2) is 13.2 Å². The molecule has 0 aliphatic carbocycles. The first kappa shape index (κ1) is 18.4. The van der Waals surface area contributed by atoms with Crippen molar-refractivity contribution in [2.45, 2.75) is 17.7 Å². The van der Waals surface area contributed by atoms with E-state index < -0.39 is 28.5 Å². The Morgan fingerprint density at radius 1 is 1.21 bits per heavy atom. The van der Waals surface area contributed by atoms with E-state index in [0.29, 0.717) is 18.8 Å². The minimum absolute atomic E-state index is 0.124.